The summed E-state index contributed by atoms with van der Waals surface area (Å²) in [7, 11) is -3.69. The third-order valence-electron chi connectivity index (χ3n) is 3.90. The van der Waals surface area contributed by atoms with Crippen molar-refractivity contribution in [3.05, 3.63) is 84.1 Å². The number of anilines is 1. The zero-order valence-electron chi connectivity index (χ0n) is 13.5. The van der Waals surface area contributed by atoms with Crippen molar-refractivity contribution in [1.29, 1.82) is 0 Å². The van der Waals surface area contributed by atoms with Crippen LogP contribution in [-0.4, -0.2) is 17.8 Å². The van der Waals surface area contributed by atoms with Gasteiger partial charge in [-0.25, -0.2) is 13.4 Å². The minimum atomic E-state index is -3.69. The molecule has 7 heteroatoms. The Labute approximate surface area is 155 Å². The maximum atomic E-state index is 12.4. The molecule has 0 amide bonds. The van der Waals surface area contributed by atoms with Crippen molar-refractivity contribution in [3.63, 3.8) is 0 Å². The molecule has 0 radical (unpaired) electrons. The minimum Gasteiger partial charge on any atom is -0.306 e. The molecule has 4 rings (SSSR count). The van der Waals surface area contributed by atoms with E-state index in [1.54, 1.807) is 24.3 Å². The molecule has 0 aliphatic rings. The van der Waals surface area contributed by atoms with E-state index in [-0.39, 0.29) is 4.90 Å². The van der Waals surface area contributed by atoms with E-state index < -0.39 is 10.0 Å². The summed E-state index contributed by atoms with van der Waals surface area (Å²) >= 11 is 5.87. The molecule has 5 nitrogen and oxygen atoms in total. The number of nitrogens with one attached hydrogen (secondary N) is 1. The molecular formula is C19H14ClN3O2S. The first-order valence-electron chi connectivity index (χ1n) is 7.84. The van der Waals surface area contributed by atoms with Crippen molar-refractivity contribution in [2.45, 2.75) is 4.90 Å². The zero-order valence-corrected chi connectivity index (χ0v) is 15.1. The fourth-order valence-electron chi connectivity index (χ4n) is 2.63. The van der Waals surface area contributed by atoms with Gasteiger partial charge < -0.3 is 4.40 Å². The summed E-state index contributed by atoms with van der Waals surface area (Å²) < 4.78 is 29.4. The summed E-state index contributed by atoms with van der Waals surface area (Å²) in [5.41, 5.74) is 3.05. The molecule has 0 fully saturated rings. The molecule has 1 N–H and O–H groups in total. The van der Waals surface area contributed by atoms with Gasteiger partial charge in [0, 0.05) is 28.7 Å². The van der Waals surface area contributed by atoms with E-state index in [9.17, 15) is 8.42 Å². The van der Waals surface area contributed by atoms with Gasteiger partial charge in [-0.1, -0.05) is 35.9 Å². The fraction of sp³-hybridized carbons (Fsp3) is 0. The predicted octanol–water partition coefficient (Wildman–Crippen LogP) is 4.46. The van der Waals surface area contributed by atoms with E-state index in [1.807, 2.05) is 47.1 Å². The van der Waals surface area contributed by atoms with Gasteiger partial charge in [0.1, 0.15) is 5.65 Å². The molecule has 0 atom stereocenters. The van der Waals surface area contributed by atoms with Crippen LogP contribution in [0.15, 0.2) is 84.0 Å². The van der Waals surface area contributed by atoms with Gasteiger partial charge in [0.15, 0.2) is 0 Å². The minimum absolute atomic E-state index is 0.120. The van der Waals surface area contributed by atoms with E-state index in [0.29, 0.717) is 10.7 Å². The molecule has 4 aromatic rings. The van der Waals surface area contributed by atoms with Crippen LogP contribution in [0.2, 0.25) is 5.02 Å². The standard InChI is InChI=1S/C19H14ClN3O2S/c20-15-4-3-5-17(12-15)26(24,25)22-16-9-7-14(8-10-16)18-13-23-11-2-1-6-19(23)21-18/h1-13,22H. The summed E-state index contributed by atoms with van der Waals surface area (Å²) in [6, 6.07) is 19.0. The Morgan fingerprint density at radius 1 is 0.962 bits per heavy atom. The van der Waals surface area contributed by atoms with E-state index in [2.05, 4.69) is 9.71 Å². The van der Waals surface area contributed by atoms with Crippen molar-refractivity contribution >= 4 is 33.0 Å². The zero-order chi connectivity index (χ0) is 18.1. The molecule has 0 saturated carbocycles. The largest absolute Gasteiger partial charge is 0.306 e. The number of halogens is 1. The lowest BCUT2D eigenvalue weighted by atomic mass is 10.1. The molecule has 130 valence electrons. The van der Waals surface area contributed by atoms with Gasteiger partial charge in [0.2, 0.25) is 0 Å². The van der Waals surface area contributed by atoms with Crippen LogP contribution in [0.1, 0.15) is 0 Å². The molecule has 0 spiro atoms. The van der Waals surface area contributed by atoms with Gasteiger partial charge >= 0.3 is 0 Å². The summed E-state index contributed by atoms with van der Waals surface area (Å²) in [5, 5.41) is 0.370. The highest BCUT2D eigenvalue weighted by atomic mass is 35.5. The molecule has 0 aliphatic carbocycles. The summed E-state index contributed by atoms with van der Waals surface area (Å²) in [4.78, 5) is 4.67. The Kier molecular flexibility index (Phi) is 4.14. The number of hydrogen-bond donors (Lipinski definition) is 1. The monoisotopic (exact) mass is 383 g/mol. The van der Waals surface area contributed by atoms with Crippen molar-refractivity contribution in [2.75, 3.05) is 4.72 Å². The highest BCUT2D eigenvalue weighted by molar-refractivity contribution is 7.92. The van der Waals surface area contributed by atoms with Crippen LogP contribution in [0.5, 0.6) is 0 Å². The Balaban J connectivity index is 1.59. The van der Waals surface area contributed by atoms with E-state index >= 15 is 0 Å². The fourth-order valence-corrected chi connectivity index (χ4v) is 3.99. The van der Waals surface area contributed by atoms with Gasteiger partial charge in [0.05, 0.1) is 10.6 Å². The van der Waals surface area contributed by atoms with Gasteiger partial charge in [-0.05, 0) is 42.5 Å². The quantitative estimate of drug-likeness (QED) is 0.566. The molecule has 2 heterocycles. The first-order valence-corrected chi connectivity index (χ1v) is 9.70. The first kappa shape index (κ1) is 16.6. The van der Waals surface area contributed by atoms with Crippen molar-refractivity contribution in [2.24, 2.45) is 0 Å². The SMILES string of the molecule is O=S(=O)(Nc1ccc(-c2cn3ccccc3n2)cc1)c1cccc(Cl)c1. The lowest BCUT2D eigenvalue weighted by molar-refractivity contribution is 0.601. The Bertz CT molecular complexity index is 1150. The maximum absolute atomic E-state index is 12.4. The number of pyridine rings is 1. The second kappa shape index (κ2) is 6.48. The average Bonchev–Trinajstić information content (AvgIpc) is 3.06. The van der Waals surface area contributed by atoms with Crippen LogP contribution in [0.3, 0.4) is 0 Å². The van der Waals surface area contributed by atoms with E-state index in [0.717, 1.165) is 16.9 Å². The second-order valence-electron chi connectivity index (χ2n) is 5.73. The van der Waals surface area contributed by atoms with Crippen molar-refractivity contribution < 1.29 is 8.42 Å². The van der Waals surface area contributed by atoms with Crippen molar-refractivity contribution in [3.8, 4) is 11.3 Å². The summed E-state index contributed by atoms with van der Waals surface area (Å²) in [6.45, 7) is 0. The second-order valence-corrected chi connectivity index (χ2v) is 7.85. The topological polar surface area (TPSA) is 63.5 Å². The molecule has 0 aliphatic heterocycles. The van der Waals surface area contributed by atoms with Gasteiger partial charge in [-0.2, -0.15) is 0 Å². The van der Waals surface area contributed by atoms with Gasteiger partial charge in [-0.3, -0.25) is 4.72 Å². The molecule has 2 aromatic carbocycles. The number of benzene rings is 2. The van der Waals surface area contributed by atoms with Gasteiger partial charge in [0.25, 0.3) is 10.0 Å². The normalized spacial score (nSPS) is 11.6. The number of sulfonamides is 1. The van der Waals surface area contributed by atoms with Crippen LogP contribution < -0.4 is 4.72 Å². The summed E-state index contributed by atoms with van der Waals surface area (Å²) in [5.74, 6) is 0. The first-order chi connectivity index (χ1) is 12.5. The van der Waals surface area contributed by atoms with Gasteiger partial charge in [-0.15, -0.1) is 0 Å². The Hall–Kier alpha value is -2.83. The highest BCUT2D eigenvalue weighted by Gasteiger charge is 2.14. The lowest BCUT2D eigenvalue weighted by Gasteiger charge is -2.08. The molecule has 26 heavy (non-hydrogen) atoms. The number of fused-ring (bicyclic) bond motifs is 1. The summed E-state index contributed by atoms with van der Waals surface area (Å²) in [6.07, 6.45) is 3.86. The molecule has 0 saturated heterocycles. The molecule has 0 unspecified atom stereocenters. The number of hydrogen-bond acceptors (Lipinski definition) is 3. The van der Waals surface area contributed by atoms with Crippen LogP contribution in [0, 0.1) is 0 Å². The Morgan fingerprint density at radius 2 is 1.77 bits per heavy atom. The number of imidazole rings is 1. The Morgan fingerprint density at radius 3 is 2.50 bits per heavy atom. The van der Waals surface area contributed by atoms with Crippen LogP contribution >= 0.6 is 11.6 Å². The maximum Gasteiger partial charge on any atom is 0.261 e. The number of nitrogens with zero attached hydrogens (tertiary/aromatic N) is 2. The number of rotatable bonds is 4. The van der Waals surface area contributed by atoms with Crippen LogP contribution in [0.25, 0.3) is 16.9 Å². The predicted molar refractivity (Wildman–Crippen MR) is 103 cm³/mol. The number of aromatic nitrogens is 2. The van der Waals surface area contributed by atoms with E-state index in [1.165, 1.54) is 12.1 Å². The smallest absolute Gasteiger partial charge is 0.261 e. The van der Waals surface area contributed by atoms with Crippen molar-refractivity contribution in [1.82, 2.24) is 9.38 Å². The molecule has 2 aromatic heterocycles. The van der Waals surface area contributed by atoms with Crippen LogP contribution in [-0.2, 0) is 10.0 Å². The molecule has 0 bridgehead atoms. The molecular weight excluding hydrogens is 370 g/mol. The van der Waals surface area contributed by atoms with Crippen LogP contribution in [0.4, 0.5) is 5.69 Å². The third-order valence-corrected chi connectivity index (χ3v) is 5.52. The third kappa shape index (κ3) is 3.29. The van der Waals surface area contributed by atoms with E-state index in [4.69, 9.17) is 11.6 Å². The lowest BCUT2D eigenvalue weighted by Crippen LogP contribution is -2.12. The average molecular weight is 384 g/mol. The highest BCUT2D eigenvalue weighted by Crippen LogP contribution is 2.23.